The number of thiophene rings is 1. The second kappa shape index (κ2) is 8.13. The number of likely N-dealkylation sites (N-methyl/N-ethyl adjacent to an activating group) is 1. The number of guanidine groups is 1. The van der Waals surface area contributed by atoms with Crippen LogP contribution in [0.5, 0.6) is 0 Å². The van der Waals surface area contributed by atoms with Gasteiger partial charge in [0.2, 0.25) is 11.9 Å². The van der Waals surface area contributed by atoms with Crippen molar-refractivity contribution < 1.29 is 9.18 Å². The average Bonchev–Trinajstić information content (AvgIpc) is 3.44. The number of carbonyl (C=O) groups excluding carboxylic acids is 1. The second-order valence-electron chi connectivity index (χ2n) is 7.40. The number of nitrogens with zero attached hydrogens (tertiary/aromatic N) is 4. The number of carbonyl (C=O) groups is 1. The molecule has 1 atom stereocenters. The number of rotatable bonds is 3. The summed E-state index contributed by atoms with van der Waals surface area (Å²) in [7, 11) is 1.61. The summed E-state index contributed by atoms with van der Waals surface area (Å²) in [5.74, 6) is -0.237. The van der Waals surface area contributed by atoms with Crippen LogP contribution >= 0.6 is 33.9 Å². The van der Waals surface area contributed by atoms with E-state index in [0.29, 0.717) is 37.0 Å². The Labute approximate surface area is 186 Å². The minimum absolute atomic E-state index is 0.0722. The molecule has 2 aromatic rings. The number of aromatic nitrogens is 2. The maximum Gasteiger partial charge on any atom is 0.239 e. The summed E-state index contributed by atoms with van der Waals surface area (Å²) in [5.41, 5.74) is 0.821. The standard InChI is InChI=1S/C19H22FIN6OS/c1-10-15(20)16(11-3-4-11)25-19(24-10)27-8-7-23-18(22)26(2)17(28)12(9-27)13-5-6-14(21)29-13/h5-6,11-12H,3-4,7-9H2,1-2H3,(H2,22,23). The zero-order valence-corrected chi connectivity index (χ0v) is 19.2. The molecule has 2 aliphatic rings. The van der Waals surface area contributed by atoms with Crippen molar-refractivity contribution in [3.63, 3.8) is 0 Å². The topological polar surface area (TPSA) is 85.2 Å². The molecule has 29 heavy (non-hydrogen) atoms. The lowest BCUT2D eigenvalue weighted by atomic mass is 10.1. The molecule has 7 nitrogen and oxygen atoms in total. The van der Waals surface area contributed by atoms with Crippen molar-refractivity contribution in [3.8, 4) is 0 Å². The molecule has 4 rings (SSSR count). The molecule has 3 heterocycles. The zero-order chi connectivity index (χ0) is 20.7. The van der Waals surface area contributed by atoms with Gasteiger partial charge in [-0.2, -0.15) is 0 Å². The minimum atomic E-state index is -0.452. The maximum absolute atomic E-state index is 14.5. The van der Waals surface area contributed by atoms with E-state index in [0.717, 1.165) is 20.6 Å². The molecular weight excluding hydrogens is 506 g/mol. The van der Waals surface area contributed by atoms with Gasteiger partial charge >= 0.3 is 0 Å². The van der Waals surface area contributed by atoms with E-state index < -0.39 is 5.92 Å². The molecular formula is C19H22FIN6OS. The summed E-state index contributed by atoms with van der Waals surface area (Å²) in [5, 5.41) is 11.1. The highest BCUT2D eigenvalue weighted by molar-refractivity contribution is 14.1. The molecule has 1 saturated carbocycles. The molecule has 154 valence electrons. The third kappa shape index (κ3) is 4.23. The first-order valence-electron chi connectivity index (χ1n) is 9.49. The predicted molar refractivity (Wildman–Crippen MR) is 119 cm³/mol. The third-order valence-corrected chi connectivity index (χ3v) is 7.26. The van der Waals surface area contributed by atoms with Gasteiger partial charge in [-0.25, -0.2) is 14.4 Å². The molecule has 0 spiro atoms. The Balaban J connectivity index is 1.73. The van der Waals surface area contributed by atoms with Gasteiger partial charge < -0.3 is 10.2 Å². The van der Waals surface area contributed by atoms with E-state index >= 15 is 0 Å². The Morgan fingerprint density at radius 1 is 1.34 bits per heavy atom. The molecule has 10 heteroatoms. The van der Waals surface area contributed by atoms with Gasteiger partial charge in [-0.3, -0.25) is 15.1 Å². The number of hydrogen-bond donors (Lipinski definition) is 2. The summed E-state index contributed by atoms with van der Waals surface area (Å²) in [4.78, 5) is 26.4. The van der Waals surface area contributed by atoms with Crippen molar-refractivity contribution in [2.24, 2.45) is 0 Å². The van der Waals surface area contributed by atoms with Crippen molar-refractivity contribution in [2.75, 3.05) is 31.6 Å². The van der Waals surface area contributed by atoms with E-state index in [9.17, 15) is 9.18 Å². The van der Waals surface area contributed by atoms with Crippen LogP contribution in [0.25, 0.3) is 0 Å². The maximum atomic E-state index is 14.5. The first-order valence-corrected chi connectivity index (χ1v) is 11.4. The first kappa shape index (κ1) is 20.5. The molecule has 1 amide bonds. The van der Waals surface area contributed by atoms with E-state index in [2.05, 4.69) is 37.9 Å². The van der Waals surface area contributed by atoms with Crippen molar-refractivity contribution in [1.29, 1.82) is 5.41 Å². The predicted octanol–water partition coefficient (Wildman–Crippen LogP) is 3.05. The van der Waals surface area contributed by atoms with Crippen LogP contribution in [0.4, 0.5) is 10.3 Å². The van der Waals surface area contributed by atoms with E-state index in [1.54, 1.807) is 25.3 Å². The van der Waals surface area contributed by atoms with Crippen molar-refractivity contribution in [1.82, 2.24) is 20.2 Å². The average molecular weight is 528 g/mol. The molecule has 1 aliphatic carbocycles. The summed E-state index contributed by atoms with van der Waals surface area (Å²) < 4.78 is 15.6. The summed E-state index contributed by atoms with van der Waals surface area (Å²) in [6.07, 6.45) is 1.90. The number of hydrogen-bond acceptors (Lipinski definition) is 6. The second-order valence-corrected chi connectivity index (χ2v) is 10.4. The largest absolute Gasteiger partial charge is 0.354 e. The Morgan fingerprint density at radius 2 is 2.10 bits per heavy atom. The van der Waals surface area contributed by atoms with Gasteiger partial charge in [-0.15, -0.1) is 11.3 Å². The normalized spacial score (nSPS) is 20.9. The van der Waals surface area contributed by atoms with Gasteiger partial charge in [0.1, 0.15) is 0 Å². The van der Waals surface area contributed by atoms with Crippen molar-refractivity contribution >= 4 is 51.7 Å². The Morgan fingerprint density at radius 3 is 2.76 bits per heavy atom. The Bertz CT molecular complexity index is 962. The fourth-order valence-electron chi connectivity index (χ4n) is 3.41. The minimum Gasteiger partial charge on any atom is -0.354 e. The Kier molecular flexibility index (Phi) is 5.74. The van der Waals surface area contributed by atoms with Crippen molar-refractivity contribution in [2.45, 2.75) is 31.6 Å². The summed E-state index contributed by atoms with van der Waals surface area (Å²) in [6, 6.07) is 3.94. The van der Waals surface area contributed by atoms with Gasteiger partial charge in [0, 0.05) is 37.5 Å². The zero-order valence-electron chi connectivity index (χ0n) is 16.2. The fraction of sp³-hybridized carbons (Fsp3) is 0.474. The van der Waals surface area contributed by atoms with Crippen LogP contribution < -0.4 is 10.2 Å². The highest BCUT2D eigenvalue weighted by Crippen LogP contribution is 2.41. The molecule has 0 radical (unpaired) electrons. The van der Waals surface area contributed by atoms with Crippen LogP contribution in [0, 0.1) is 21.0 Å². The number of aryl methyl sites for hydroxylation is 1. The Hall–Kier alpha value is -1.82. The molecule has 1 aliphatic heterocycles. The van der Waals surface area contributed by atoms with Crippen molar-refractivity contribution in [3.05, 3.63) is 37.1 Å². The molecule has 1 unspecified atom stereocenters. The highest BCUT2D eigenvalue weighted by Gasteiger charge is 2.34. The number of amides is 1. The monoisotopic (exact) mass is 528 g/mol. The lowest BCUT2D eigenvalue weighted by Gasteiger charge is -2.27. The van der Waals surface area contributed by atoms with Gasteiger partial charge in [-0.1, -0.05) is 0 Å². The van der Waals surface area contributed by atoms with Crippen LogP contribution in [-0.4, -0.2) is 53.4 Å². The van der Waals surface area contributed by atoms with Gasteiger partial charge in [0.15, 0.2) is 11.8 Å². The van der Waals surface area contributed by atoms with E-state index in [1.807, 2.05) is 17.0 Å². The van der Waals surface area contributed by atoms with Crippen LogP contribution in [0.15, 0.2) is 12.1 Å². The fourth-order valence-corrected chi connectivity index (χ4v) is 5.16. The smallest absolute Gasteiger partial charge is 0.239 e. The summed E-state index contributed by atoms with van der Waals surface area (Å²) >= 11 is 3.81. The van der Waals surface area contributed by atoms with Gasteiger partial charge in [0.25, 0.3) is 0 Å². The molecule has 2 N–H and O–H groups in total. The lowest BCUT2D eigenvalue weighted by Crippen LogP contribution is -2.43. The van der Waals surface area contributed by atoms with Crippen LogP contribution in [0.3, 0.4) is 0 Å². The molecule has 0 bridgehead atoms. The van der Waals surface area contributed by atoms with Gasteiger partial charge in [0.05, 0.1) is 20.2 Å². The first-order chi connectivity index (χ1) is 13.8. The lowest BCUT2D eigenvalue weighted by molar-refractivity contribution is -0.127. The van der Waals surface area contributed by atoms with Crippen LogP contribution in [0.2, 0.25) is 0 Å². The molecule has 0 aromatic carbocycles. The molecule has 2 aromatic heterocycles. The SMILES string of the molecule is Cc1nc(N2CCNC(=N)N(C)C(=O)C(c3ccc(I)s3)C2)nc(C2CC2)c1F. The number of nitrogens with one attached hydrogen (secondary N) is 2. The third-order valence-electron chi connectivity index (χ3n) is 5.26. The quantitative estimate of drug-likeness (QED) is 0.599. The van der Waals surface area contributed by atoms with E-state index in [1.165, 1.54) is 4.90 Å². The molecule has 1 saturated heterocycles. The van der Waals surface area contributed by atoms with Crippen LogP contribution in [-0.2, 0) is 4.79 Å². The number of halogens is 2. The highest BCUT2D eigenvalue weighted by atomic mass is 127. The van der Waals surface area contributed by atoms with Crippen LogP contribution in [0.1, 0.15) is 40.9 Å². The summed E-state index contributed by atoms with van der Waals surface area (Å²) in [6.45, 7) is 3.01. The van der Waals surface area contributed by atoms with E-state index in [4.69, 9.17) is 5.41 Å². The van der Waals surface area contributed by atoms with E-state index in [-0.39, 0.29) is 23.6 Å². The van der Waals surface area contributed by atoms with Gasteiger partial charge in [-0.05, 0) is 54.5 Å². The number of anilines is 1. The molecule has 2 fully saturated rings.